The second-order valence-corrected chi connectivity index (χ2v) is 6.29. The lowest BCUT2D eigenvalue weighted by Crippen LogP contribution is -2.47. The summed E-state index contributed by atoms with van der Waals surface area (Å²) >= 11 is 9.53. The third-order valence-electron chi connectivity index (χ3n) is 3.59. The molecule has 1 aliphatic rings. The summed E-state index contributed by atoms with van der Waals surface area (Å²) in [7, 11) is 0. The summed E-state index contributed by atoms with van der Waals surface area (Å²) in [5.74, 6) is 0.0426. The van der Waals surface area contributed by atoms with E-state index >= 15 is 0 Å². The van der Waals surface area contributed by atoms with Crippen LogP contribution >= 0.6 is 27.5 Å². The van der Waals surface area contributed by atoms with E-state index in [0.29, 0.717) is 10.6 Å². The number of piperidine rings is 1. The van der Waals surface area contributed by atoms with Gasteiger partial charge in [-0.05, 0) is 51.3 Å². The van der Waals surface area contributed by atoms with Crippen LogP contribution in [-0.4, -0.2) is 22.9 Å². The lowest BCUT2D eigenvalue weighted by Gasteiger charge is -2.39. The van der Waals surface area contributed by atoms with E-state index in [-0.39, 0.29) is 18.0 Å². The van der Waals surface area contributed by atoms with Crippen LogP contribution in [-0.2, 0) is 0 Å². The lowest BCUT2D eigenvalue weighted by molar-refractivity contribution is 0.0511. The van der Waals surface area contributed by atoms with Gasteiger partial charge in [0.05, 0.1) is 10.6 Å². The first-order valence-electron chi connectivity index (χ1n) is 6.28. The van der Waals surface area contributed by atoms with Crippen molar-refractivity contribution in [3.8, 4) is 0 Å². The number of halogens is 2. The minimum Gasteiger partial charge on any atom is -0.333 e. The normalized spacial score (nSPS) is 24.1. The Labute approximate surface area is 121 Å². The number of carbonyl (C=O) groups is 1. The third-order valence-corrected chi connectivity index (χ3v) is 4.41. The van der Waals surface area contributed by atoms with Crippen molar-refractivity contribution in [1.82, 2.24) is 4.90 Å². The molecule has 0 saturated carbocycles. The van der Waals surface area contributed by atoms with Crippen molar-refractivity contribution in [2.45, 2.75) is 45.2 Å². The molecule has 0 bridgehead atoms. The van der Waals surface area contributed by atoms with Crippen molar-refractivity contribution < 1.29 is 4.79 Å². The largest absolute Gasteiger partial charge is 0.333 e. The lowest BCUT2D eigenvalue weighted by atomic mass is 9.96. The fraction of sp³-hybridized carbons (Fsp3) is 0.500. The van der Waals surface area contributed by atoms with Gasteiger partial charge in [0.1, 0.15) is 0 Å². The fourth-order valence-corrected chi connectivity index (χ4v) is 3.18. The standard InChI is InChI=1S/C14H17BrClNO/c1-9-4-3-5-10(2)17(9)14(18)12-8-11(15)6-7-13(12)16/h6-10H,3-5H2,1-2H3. The molecule has 2 unspecified atom stereocenters. The van der Waals surface area contributed by atoms with E-state index in [9.17, 15) is 4.79 Å². The average molecular weight is 331 g/mol. The predicted molar refractivity (Wildman–Crippen MR) is 78.1 cm³/mol. The first kappa shape index (κ1) is 13.9. The topological polar surface area (TPSA) is 20.3 Å². The number of rotatable bonds is 1. The molecule has 2 rings (SSSR count). The van der Waals surface area contributed by atoms with Gasteiger partial charge in [-0.15, -0.1) is 0 Å². The van der Waals surface area contributed by atoms with Crippen LogP contribution in [0.4, 0.5) is 0 Å². The Hall–Kier alpha value is -0.540. The minimum absolute atomic E-state index is 0.0426. The smallest absolute Gasteiger partial charge is 0.255 e. The second kappa shape index (κ2) is 5.62. The predicted octanol–water partition coefficient (Wildman–Crippen LogP) is 4.51. The third kappa shape index (κ3) is 2.72. The molecule has 1 aromatic rings. The Morgan fingerprint density at radius 2 is 1.94 bits per heavy atom. The fourth-order valence-electron chi connectivity index (χ4n) is 2.62. The van der Waals surface area contributed by atoms with Crippen molar-refractivity contribution >= 4 is 33.4 Å². The van der Waals surface area contributed by atoms with Gasteiger partial charge in [-0.1, -0.05) is 27.5 Å². The Morgan fingerprint density at radius 3 is 2.56 bits per heavy atom. The molecule has 2 atom stereocenters. The zero-order valence-corrected chi connectivity index (χ0v) is 13.0. The van der Waals surface area contributed by atoms with E-state index in [1.54, 1.807) is 12.1 Å². The SMILES string of the molecule is CC1CCCC(C)N1C(=O)c1cc(Br)ccc1Cl. The van der Waals surface area contributed by atoms with Gasteiger partial charge in [0.2, 0.25) is 0 Å². The van der Waals surface area contributed by atoms with Crippen molar-refractivity contribution in [2.24, 2.45) is 0 Å². The highest BCUT2D eigenvalue weighted by Crippen LogP contribution is 2.28. The Morgan fingerprint density at radius 1 is 1.33 bits per heavy atom. The number of nitrogens with zero attached hydrogens (tertiary/aromatic N) is 1. The summed E-state index contributed by atoms with van der Waals surface area (Å²) in [6.07, 6.45) is 3.34. The molecular formula is C14H17BrClNO. The van der Waals surface area contributed by atoms with Gasteiger partial charge < -0.3 is 4.90 Å². The summed E-state index contributed by atoms with van der Waals surface area (Å²) < 4.78 is 0.882. The molecule has 1 aromatic carbocycles. The second-order valence-electron chi connectivity index (χ2n) is 4.97. The van der Waals surface area contributed by atoms with Gasteiger partial charge in [0, 0.05) is 16.6 Å². The van der Waals surface area contributed by atoms with Gasteiger partial charge in [0.25, 0.3) is 5.91 Å². The minimum atomic E-state index is 0.0426. The molecule has 0 aromatic heterocycles. The van der Waals surface area contributed by atoms with Crippen LogP contribution in [0.2, 0.25) is 5.02 Å². The molecule has 1 saturated heterocycles. The average Bonchev–Trinajstić information content (AvgIpc) is 2.32. The molecule has 18 heavy (non-hydrogen) atoms. The first-order valence-corrected chi connectivity index (χ1v) is 7.45. The molecule has 4 heteroatoms. The summed E-state index contributed by atoms with van der Waals surface area (Å²) in [4.78, 5) is 14.6. The highest BCUT2D eigenvalue weighted by molar-refractivity contribution is 9.10. The quantitative estimate of drug-likeness (QED) is 0.742. The molecular weight excluding hydrogens is 314 g/mol. The number of hydrogen-bond acceptors (Lipinski definition) is 1. The molecule has 0 aliphatic carbocycles. The summed E-state index contributed by atoms with van der Waals surface area (Å²) in [5, 5.41) is 0.521. The van der Waals surface area contributed by atoms with E-state index in [1.807, 2.05) is 11.0 Å². The number of hydrogen-bond donors (Lipinski definition) is 0. The van der Waals surface area contributed by atoms with E-state index in [4.69, 9.17) is 11.6 Å². The Balaban J connectivity index is 2.32. The monoisotopic (exact) mass is 329 g/mol. The number of benzene rings is 1. The van der Waals surface area contributed by atoms with E-state index in [0.717, 1.165) is 17.3 Å². The zero-order chi connectivity index (χ0) is 13.3. The maximum absolute atomic E-state index is 12.6. The van der Waals surface area contributed by atoms with Crippen molar-refractivity contribution in [3.05, 3.63) is 33.3 Å². The summed E-state index contributed by atoms with van der Waals surface area (Å²) in [5.41, 5.74) is 0.589. The molecule has 0 N–H and O–H groups in total. The summed E-state index contributed by atoms with van der Waals surface area (Å²) in [6, 6.07) is 5.99. The Kier molecular flexibility index (Phi) is 4.33. The van der Waals surface area contributed by atoms with Crippen molar-refractivity contribution in [3.63, 3.8) is 0 Å². The maximum atomic E-state index is 12.6. The molecule has 0 radical (unpaired) electrons. The van der Waals surface area contributed by atoms with Gasteiger partial charge in [0.15, 0.2) is 0 Å². The molecule has 0 spiro atoms. The van der Waals surface area contributed by atoms with E-state index in [2.05, 4.69) is 29.8 Å². The molecule has 1 fully saturated rings. The number of amides is 1. The first-order chi connectivity index (χ1) is 8.50. The van der Waals surface area contributed by atoms with Crippen LogP contribution in [0, 0.1) is 0 Å². The van der Waals surface area contributed by atoms with Crippen LogP contribution in [0.5, 0.6) is 0 Å². The van der Waals surface area contributed by atoms with Crippen molar-refractivity contribution in [2.75, 3.05) is 0 Å². The van der Waals surface area contributed by atoms with Gasteiger partial charge in [-0.25, -0.2) is 0 Å². The molecule has 2 nitrogen and oxygen atoms in total. The molecule has 1 amide bonds. The van der Waals surface area contributed by atoms with Crippen molar-refractivity contribution in [1.29, 1.82) is 0 Å². The van der Waals surface area contributed by atoms with Gasteiger partial charge in [-0.3, -0.25) is 4.79 Å². The maximum Gasteiger partial charge on any atom is 0.255 e. The highest BCUT2D eigenvalue weighted by Gasteiger charge is 2.30. The van der Waals surface area contributed by atoms with Crippen LogP contribution < -0.4 is 0 Å². The molecule has 1 aliphatic heterocycles. The Bertz CT molecular complexity index is 453. The highest BCUT2D eigenvalue weighted by atomic mass is 79.9. The van der Waals surface area contributed by atoms with Gasteiger partial charge in [-0.2, -0.15) is 0 Å². The van der Waals surface area contributed by atoms with Crippen LogP contribution in [0.25, 0.3) is 0 Å². The van der Waals surface area contributed by atoms with E-state index < -0.39 is 0 Å². The summed E-state index contributed by atoms with van der Waals surface area (Å²) in [6.45, 7) is 4.22. The molecule has 1 heterocycles. The van der Waals surface area contributed by atoms with Gasteiger partial charge >= 0.3 is 0 Å². The number of likely N-dealkylation sites (tertiary alicyclic amines) is 1. The zero-order valence-electron chi connectivity index (χ0n) is 10.6. The number of carbonyl (C=O) groups excluding carboxylic acids is 1. The van der Waals surface area contributed by atoms with Crippen LogP contribution in [0.1, 0.15) is 43.5 Å². The van der Waals surface area contributed by atoms with E-state index in [1.165, 1.54) is 6.42 Å². The molecule has 98 valence electrons. The van der Waals surface area contributed by atoms with Crippen LogP contribution in [0.15, 0.2) is 22.7 Å². The van der Waals surface area contributed by atoms with Crippen LogP contribution in [0.3, 0.4) is 0 Å².